The second-order valence-corrected chi connectivity index (χ2v) is 6.95. The summed E-state index contributed by atoms with van der Waals surface area (Å²) in [6.45, 7) is 8.66. The molecule has 0 aliphatic carbocycles. The molecule has 0 aliphatic heterocycles. The number of rotatable bonds is 6. The van der Waals surface area contributed by atoms with E-state index in [0.717, 1.165) is 22.6 Å². The predicted molar refractivity (Wildman–Crippen MR) is 102 cm³/mol. The highest BCUT2D eigenvalue weighted by atomic mass is 16.2. The summed E-state index contributed by atoms with van der Waals surface area (Å²) >= 11 is 0. The highest BCUT2D eigenvalue weighted by Crippen LogP contribution is 2.22. The maximum atomic E-state index is 13.0. The lowest BCUT2D eigenvalue weighted by Crippen LogP contribution is -2.31. The molecule has 1 amide bonds. The molecule has 0 fully saturated rings. The lowest BCUT2D eigenvalue weighted by Gasteiger charge is -2.22. The largest absolute Gasteiger partial charge is 0.324 e. The second kappa shape index (κ2) is 7.56. The van der Waals surface area contributed by atoms with E-state index in [0.29, 0.717) is 6.54 Å². The van der Waals surface area contributed by atoms with Crippen molar-refractivity contribution in [2.75, 3.05) is 5.32 Å². The Labute approximate surface area is 153 Å². The average molecular weight is 351 g/mol. The van der Waals surface area contributed by atoms with Gasteiger partial charge in [0.25, 0.3) is 0 Å². The summed E-state index contributed by atoms with van der Waals surface area (Å²) in [5.74, 6) is 0.0719. The summed E-state index contributed by atoms with van der Waals surface area (Å²) in [5.41, 5.74) is 3.77. The number of amides is 1. The van der Waals surface area contributed by atoms with Crippen LogP contribution < -0.4 is 5.32 Å². The zero-order valence-corrected chi connectivity index (χ0v) is 15.7. The SMILES string of the molecule is Cc1cc(C)n([C@H](C(=O)Nc2cccc(Cn3cccn3)c2)C(C)C)n1. The molecular weight excluding hydrogens is 326 g/mol. The van der Waals surface area contributed by atoms with E-state index >= 15 is 0 Å². The van der Waals surface area contributed by atoms with Crippen LogP contribution in [0.2, 0.25) is 0 Å². The number of anilines is 1. The van der Waals surface area contributed by atoms with Gasteiger partial charge in [-0.15, -0.1) is 0 Å². The fourth-order valence-corrected chi connectivity index (χ4v) is 3.17. The standard InChI is InChI=1S/C20H25N5O/c1-14(2)19(25-16(4)11-15(3)23-25)20(26)22-18-8-5-7-17(12-18)13-24-10-6-9-21-24/h5-12,14,19H,13H2,1-4H3,(H,22,26)/t19-/m0/s1. The van der Waals surface area contributed by atoms with Crippen molar-refractivity contribution in [3.8, 4) is 0 Å². The van der Waals surface area contributed by atoms with Gasteiger partial charge in [-0.05, 0) is 49.6 Å². The van der Waals surface area contributed by atoms with Crippen molar-refractivity contribution < 1.29 is 4.79 Å². The number of carbonyl (C=O) groups excluding carboxylic acids is 1. The summed E-state index contributed by atoms with van der Waals surface area (Å²) < 4.78 is 3.68. The molecular formula is C20H25N5O. The van der Waals surface area contributed by atoms with Gasteiger partial charge in [0.05, 0.1) is 12.2 Å². The Morgan fingerprint density at radius 3 is 2.62 bits per heavy atom. The molecule has 3 aromatic rings. The van der Waals surface area contributed by atoms with Gasteiger partial charge in [0.2, 0.25) is 5.91 Å². The van der Waals surface area contributed by atoms with Crippen LogP contribution in [-0.2, 0) is 11.3 Å². The number of nitrogens with one attached hydrogen (secondary N) is 1. The molecule has 1 aromatic carbocycles. The quantitative estimate of drug-likeness (QED) is 0.738. The second-order valence-electron chi connectivity index (χ2n) is 6.95. The number of hydrogen-bond donors (Lipinski definition) is 1. The average Bonchev–Trinajstić information content (AvgIpc) is 3.17. The third-order valence-electron chi connectivity index (χ3n) is 4.31. The topological polar surface area (TPSA) is 64.7 Å². The molecule has 1 atom stereocenters. The van der Waals surface area contributed by atoms with E-state index in [1.807, 2.05) is 79.7 Å². The minimum atomic E-state index is -0.349. The fourth-order valence-electron chi connectivity index (χ4n) is 3.17. The number of nitrogens with zero attached hydrogens (tertiary/aromatic N) is 4. The minimum absolute atomic E-state index is 0.0533. The van der Waals surface area contributed by atoms with Gasteiger partial charge in [-0.25, -0.2) is 0 Å². The lowest BCUT2D eigenvalue weighted by molar-refractivity contribution is -0.120. The first-order valence-corrected chi connectivity index (χ1v) is 8.84. The molecule has 0 saturated carbocycles. The first-order valence-electron chi connectivity index (χ1n) is 8.84. The number of aromatic nitrogens is 4. The van der Waals surface area contributed by atoms with Crippen molar-refractivity contribution in [1.82, 2.24) is 19.6 Å². The van der Waals surface area contributed by atoms with Crippen LogP contribution in [0.25, 0.3) is 0 Å². The summed E-state index contributed by atoms with van der Waals surface area (Å²) in [6.07, 6.45) is 3.68. The highest BCUT2D eigenvalue weighted by molar-refractivity contribution is 5.94. The van der Waals surface area contributed by atoms with Crippen LogP contribution in [0.1, 0.15) is 36.8 Å². The maximum Gasteiger partial charge on any atom is 0.249 e. The molecule has 2 aromatic heterocycles. The summed E-state index contributed by atoms with van der Waals surface area (Å²) in [7, 11) is 0. The van der Waals surface area contributed by atoms with E-state index < -0.39 is 0 Å². The predicted octanol–water partition coefficient (Wildman–Crippen LogP) is 3.58. The summed E-state index contributed by atoms with van der Waals surface area (Å²) in [6, 6.07) is 11.4. The highest BCUT2D eigenvalue weighted by Gasteiger charge is 2.26. The van der Waals surface area contributed by atoms with Crippen LogP contribution >= 0.6 is 0 Å². The third-order valence-corrected chi connectivity index (χ3v) is 4.31. The molecule has 2 heterocycles. The van der Waals surface area contributed by atoms with Crippen molar-refractivity contribution in [1.29, 1.82) is 0 Å². The van der Waals surface area contributed by atoms with Crippen LogP contribution in [-0.4, -0.2) is 25.5 Å². The maximum absolute atomic E-state index is 13.0. The van der Waals surface area contributed by atoms with Crippen LogP contribution in [0.4, 0.5) is 5.69 Å². The normalized spacial score (nSPS) is 12.3. The minimum Gasteiger partial charge on any atom is -0.324 e. The summed E-state index contributed by atoms with van der Waals surface area (Å²) in [4.78, 5) is 13.0. The van der Waals surface area contributed by atoms with E-state index in [-0.39, 0.29) is 17.9 Å². The number of hydrogen-bond acceptors (Lipinski definition) is 3. The zero-order valence-electron chi connectivity index (χ0n) is 15.7. The van der Waals surface area contributed by atoms with E-state index in [1.54, 1.807) is 6.20 Å². The molecule has 1 N–H and O–H groups in total. The van der Waals surface area contributed by atoms with Crippen molar-refractivity contribution >= 4 is 11.6 Å². The van der Waals surface area contributed by atoms with Gasteiger partial charge < -0.3 is 5.32 Å². The number of benzene rings is 1. The van der Waals surface area contributed by atoms with Gasteiger partial charge in [-0.3, -0.25) is 14.2 Å². The first-order chi connectivity index (χ1) is 12.4. The Balaban J connectivity index is 1.78. The Morgan fingerprint density at radius 1 is 1.19 bits per heavy atom. The van der Waals surface area contributed by atoms with Gasteiger partial charge in [-0.1, -0.05) is 26.0 Å². The molecule has 0 bridgehead atoms. The summed E-state index contributed by atoms with van der Waals surface area (Å²) in [5, 5.41) is 11.8. The van der Waals surface area contributed by atoms with Gasteiger partial charge in [0, 0.05) is 23.8 Å². The molecule has 0 aliphatic rings. The third kappa shape index (κ3) is 4.02. The Morgan fingerprint density at radius 2 is 2.00 bits per heavy atom. The number of carbonyl (C=O) groups is 1. The van der Waals surface area contributed by atoms with Crippen LogP contribution in [0.3, 0.4) is 0 Å². The van der Waals surface area contributed by atoms with Crippen molar-refractivity contribution in [2.24, 2.45) is 5.92 Å². The molecule has 26 heavy (non-hydrogen) atoms. The van der Waals surface area contributed by atoms with Gasteiger partial charge in [0.15, 0.2) is 0 Å². The van der Waals surface area contributed by atoms with Gasteiger partial charge in [-0.2, -0.15) is 10.2 Å². The Hall–Kier alpha value is -2.89. The Kier molecular flexibility index (Phi) is 5.21. The molecule has 0 radical (unpaired) electrons. The molecule has 0 unspecified atom stereocenters. The van der Waals surface area contributed by atoms with Crippen LogP contribution in [0.15, 0.2) is 48.8 Å². The zero-order chi connectivity index (χ0) is 18.7. The van der Waals surface area contributed by atoms with Crippen LogP contribution in [0, 0.1) is 19.8 Å². The van der Waals surface area contributed by atoms with Crippen LogP contribution in [0.5, 0.6) is 0 Å². The van der Waals surface area contributed by atoms with E-state index in [9.17, 15) is 4.79 Å². The van der Waals surface area contributed by atoms with E-state index in [1.165, 1.54) is 0 Å². The smallest absolute Gasteiger partial charge is 0.249 e. The van der Waals surface area contributed by atoms with Crippen molar-refractivity contribution in [3.05, 3.63) is 65.7 Å². The lowest BCUT2D eigenvalue weighted by atomic mass is 10.0. The number of aryl methyl sites for hydroxylation is 2. The molecule has 6 heteroatoms. The molecule has 6 nitrogen and oxygen atoms in total. The molecule has 0 saturated heterocycles. The van der Waals surface area contributed by atoms with Gasteiger partial charge in [0.1, 0.15) is 6.04 Å². The van der Waals surface area contributed by atoms with Gasteiger partial charge >= 0.3 is 0 Å². The first kappa shape index (κ1) is 17.9. The van der Waals surface area contributed by atoms with Crippen molar-refractivity contribution in [3.63, 3.8) is 0 Å². The molecule has 136 valence electrons. The van der Waals surface area contributed by atoms with E-state index in [2.05, 4.69) is 15.5 Å². The van der Waals surface area contributed by atoms with Crippen molar-refractivity contribution in [2.45, 2.75) is 40.3 Å². The molecule has 0 spiro atoms. The van der Waals surface area contributed by atoms with E-state index in [4.69, 9.17) is 0 Å². The fraction of sp³-hybridized carbons (Fsp3) is 0.350. The monoisotopic (exact) mass is 351 g/mol. The molecule has 3 rings (SSSR count). The Bertz CT molecular complexity index is 880.